The lowest BCUT2D eigenvalue weighted by Gasteiger charge is -2.38. The number of ketones is 1. The monoisotopic (exact) mass is 375 g/mol. The summed E-state index contributed by atoms with van der Waals surface area (Å²) in [5.74, 6) is 1.77. The number of ether oxygens (including phenoxy) is 1. The Morgan fingerprint density at radius 2 is 1.79 bits per heavy atom. The zero-order valence-electron chi connectivity index (χ0n) is 16.5. The van der Waals surface area contributed by atoms with Crippen molar-refractivity contribution < 1.29 is 9.53 Å². The maximum Gasteiger partial charge on any atom is 0.136 e. The smallest absolute Gasteiger partial charge is 0.136 e. The second-order valence-electron chi connectivity index (χ2n) is 8.72. The van der Waals surface area contributed by atoms with Crippen LogP contribution in [-0.4, -0.2) is 29.4 Å². The number of fused-ring (bicyclic) bond motifs is 3. The first-order chi connectivity index (χ1) is 13.8. The SMILES string of the molecule is O=C(CCc1ccc2c(c1)CCO2)C1CC2CCC(C1)N2Cc1ccccc1. The van der Waals surface area contributed by atoms with Crippen molar-refractivity contribution in [2.75, 3.05) is 6.61 Å². The Kier molecular flexibility index (Phi) is 4.94. The normalized spacial score (nSPS) is 26.1. The summed E-state index contributed by atoms with van der Waals surface area (Å²) in [6.45, 7) is 1.83. The van der Waals surface area contributed by atoms with E-state index < -0.39 is 0 Å². The lowest BCUT2D eigenvalue weighted by atomic mass is 9.85. The van der Waals surface area contributed by atoms with Crippen LogP contribution in [-0.2, 0) is 24.2 Å². The van der Waals surface area contributed by atoms with Gasteiger partial charge in [-0.2, -0.15) is 0 Å². The molecule has 2 aromatic carbocycles. The van der Waals surface area contributed by atoms with Crippen molar-refractivity contribution in [2.45, 2.75) is 63.6 Å². The van der Waals surface area contributed by atoms with E-state index in [0.29, 0.717) is 24.3 Å². The maximum atomic E-state index is 12.9. The summed E-state index contributed by atoms with van der Waals surface area (Å²) in [4.78, 5) is 15.6. The molecule has 0 aromatic heterocycles. The summed E-state index contributed by atoms with van der Waals surface area (Å²) in [5.41, 5.74) is 3.98. The minimum Gasteiger partial charge on any atom is -0.493 e. The topological polar surface area (TPSA) is 29.5 Å². The lowest BCUT2D eigenvalue weighted by molar-refractivity contribution is -0.125. The molecule has 0 N–H and O–H groups in total. The minimum atomic E-state index is 0.266. The minimum absolute atomic E-state index is 0.266. The predicted octanol–water partition coefficient (Wildman–Crippen LogP) is 4.57. The second-order valence-corrected chi connectivity index (χ2v) is 8.72. The predicted molar refractivity (Wildman–Crippen MR) is 110 cm³/mol. The quantitative estimate of drug-likeness (QED) is 0.741. The molecule has 2 atom stereocenters. The number of nitrogens with zero attached hydrogens (tertiary/aromatic N) is 1. The molecular weight excluding hydrogens is 346 g/mol. The van der Waals surface area contributed by atoms with Gasteiger partial charge in [-0.1, -0.05) is 42.5 Å². The number of piperidine rings is 1. The highest BCUT2D eigenvalue weighted by Crippen LogP contribution is 2.40. The van der Waals surface area contributed by atoms with E-state index in [-0.39, 0.29) is 5.92 Å². The van der Waals surface area contributed by atoms with Crippen LogP contribution >= 0.6 is 0 Å². The lowest BCUT2D eigenvalue weighted by Crippen LogP contribution is -2.44. The fraction of sp³-hybridized carbons (Fsp3) is 0.480. The van der Waals surface area contributed by atoms with Crippen LogP contribution in [0.4, 0.5) is 0 Å². The highest BCUT2D eigenvalue weighted by Gasteiger charge is 2.42. The second kappa shape index (κ2) is 7.71. The number of carbonyl (C=O) groups excluding carboxylic acids is 1. The van der Waals surface area contributed by atoms with Gasteiger partial charge < -0.3 is 4.74 Å². The zero-order valence-corrected chi connectivity index (χ0v) is 16.5. The van der Waals surface area contributed by atoms with Gasteiger partial charge in [-0.3, -0.25) is 9.69 Å². The standard InChI is InChI=1S/C25H29NO2/c27-24(10-6-18-7-11-25-20(14-18)12-13-28-25)21-15-22-8-9-23(16-21)26(22)17-19-4-2-1-3-5-19/h1-5,7,11,14,21-23H,6,8-10,12-13,15-17H2. The summed E-state index contributed by atoms with van der Waals surface area (Å²) >= 11 is 0. The van der Waals surface area contributed by atoms with E-state index >= 15 is 0 Å². The van der Waals surface area contributed by atoms with E-state index in [4.69, 9.17) is 4.74 Å². The summed E-state index contributed by atoms with van der Waals surface area (Å²) in [7, 11) is 0. The number of benzene rings is 2. The molecule has 2 saturated heterocycles. The van der Waals surface area contributed by atoms with Crippen molar-refractivity contribution in [2.24, 2.45) is 5.92 Å². The van der Waals surface area contributed by atoms with Crippen molar-refractivity contribution in [3.8, 4) is 5.75 Å². The van der Waals surface area contributed by atoms with Crippen LogP contribution in [0, 0.1) is 5.92 Å². The van der Waals surface area contributed by atoms with E-state index in [9.17, 15) is 4.79 Å². The van der Waals surface area contributed by atoms with Crippen LogP contribution < -0.4 is 4.74 Å². The van der Waals surface area contributed by atoms with E-state index in [2.05, 4.69) is 53.4 Å². The molecule has 146 valence electrons. The van der Waals surface area contributed by atoms with Crippen LogP contribution in [0.2, 0.25) is 0 Å². The molecule has 0 amide bonds. The first-order valence-corrected chi connectivity index (χ1v) is 10.8. The summed E-state index contributed by atoms with van der Waals surface area (Å²) in [6, 6.07) is 18.4. The molecular formula is C25H29NO2. The van der Waals surface area contributed by atoms with E-state index in [1.54, 1.807) is 0 Å². The van der Waals surface area contributed by atoms with Crippen LogP contribution in [0.15, 0.2) is 48.5 Å². The summed E-state index contributed by atoms with van der Waals surface area (Å²) < 4.78 is 5.59. The Morgan fingerprint density at radius 1 is 1.00 bits per heavy atom. The highest BCUT2D eigenvalue weighted by atomic mass is 16.5. The van der Waals surface area contributed by atoms with Gasteiger partial charge in [0.15, 0.2) is 0 Å². The molecule has 2 bridgehead atoms. The number of hydrogen-bond acceptors (Lipinski definition) is 3. The van der Waals surface area contributed by atoms with E-state index in [1.165, 1.54) is 29.5 Å². The Balaban J connectivity index is 1.17. The number of hydrogen-bond donors (Lipinski definition) is 0. The Morgan fingerprint density at radius 3 is 2.57 bits per heavy atom. The molecule has 0 spiro atoms. The van der Waals surface area contributed by atoms with Gasteiger partial charge in [0.05, 0.1) is 6.61 Å². The molecule has 28 heavy (non-hydrogen) atoms. The van der Waals surface area contributed by atoms with Crippen LogP contribution in [0.5, 0.6) is 5.75 Å². The largest absolute Gasteiger partial charge is 0.493 e. The van der Waals surface area contributed by atoms with Crippen molar-refractivity contribution in [3.05, 3.63) is 65.2 Å². The van der Waals surface area contributed by atoms with Gasteiger partial charge in [-0.15, -0.1) is 0 Å². The molecule has 0 aliphatic carbocycles. The van der Waals surface area contributed by atoms with Gasteiger partial charge in [0.25, 0.3) is 0 Å². The van der Waals surface area contributed by atoms with Crippen molar-refractivity contribution in [3.63, 3.8) is 0 Å². The third kappa shape index (κ3) is 3.60. The molecule has 5 rings (SSSR count). The molecule has 3 heterocycles. The van der Waals surface area contributed by atoms with Crippen LogP contribution in [0.25, 0.3) is 0 Å². The Bertz CT molecular complexity index is 833. The molecule has 3 aliphatic rings. The number of rotatable bonds is 6. The van der Waals surface area contributed by atoms with Crippen molar-refractivity contribution >= 4 is 5.78 Å². The molecule has 0 saturated carbocycles. The molecule has 0 radical (unpaired) electrons. The molecule has 2 fully saturated rings. The van der Waals surface area contributed by atoms with Crippen LogP contribution in [0.3, 0.4) is 0 Å². The zero-order chi connectivity index (χ0) is 18.9. The van der Waals surface area contributed by atoms with Gasteiger partial charge >= 0.3 is 0 Å². The Hall–Kier alpha value is -2.13. The number of aryl methyl sites for hydroxylation is 1. The molecule has 2 unspecified atom stereocenters. The summed E-state index contributed by atoms with van der Waals surface area (Å²) in [6.07, 6.45) is 7.17. The van der Waals surface area contributed by atoms with Crippen molar-refractivity contribution in [1.82, 2.24) is 4.90 Å². The fourth-order valence-corrected chi connectivity index (χ4v) is 5.46. The first kappa shape index (κ1) is 17.9. The van der Waals surface area contributed by atoms with Gasteiger partial charge in [-0.05, 0) is 54.9 Å². The molecule has 3 aliphatic heterocycles. The van der Waals surface area contributed by atoms with E-state index in [1.807, 2.05) is 0 Å². The van der Waals surface area contributed by atoms with Gasteiger partial charge in [0.2, 0.25) is 0 Å². The molecule has 3 heteroatoms. The first-order valence-electron chi connectivity index (χ1n) is 10.8. The highest BCUT2D eigenvalue weighted by molar-refractivity contribution is 5.81. The average molecular weight is 376 g/mol. The van der Waals surface area contributed by atoms with E-state index in [0.717, 1.165) is 44.6 Å². The maximum absolute atomic E-state index is 12.9. The van der Waals surface area contributed by atoms with Crippen LogP contribution in [0.1, 0.15) is 48.8 Å². The van der Waals surface area contributed by atoms with Gasteiger partial charge in [0, 0.05) is 37.4 Å². The van der Waals surface area contributed by atoms with Gasteiger partial charge in [0.1, 0.15) is 11.5 Å². The van der Waals surface area contributed by atoms with Crippen molar-refractivity contribution in [1.29, 1.82) is 0 Å². The number of carbonyl (C=O) groups is 1. The number of Topliss-reactive ketones (excluding diaryl/α,β-unsaturated/α-hetero) is 1. The third-order valence-electron chi connectivity index (χ3n) is 6.96. The summed E-state index contributed by atoms with van der Waals surface area (Å²) in [5, 5.41) is 0. The average Bonchev–Trinajstić information content (AvgIpc) is 3.27. The van der Waals surface area contributed by atoms with Gasteiger partial charge in [-0.25, -0.2) is 0 Å². The molecule has 3 nitrogen and oxygen atoms in total. The fourth-order valence-electron chi connectivity index (χ4n) is 5.46. The Labute approximate surface area is 167 Å². The molecule has 2 aromatic rings. The third-order valence-corrected chi connectivity index (χ3v) is 6.96.